The lowest BCUT2D eigenvalue weighted by Gasteiger charge is -2.07. The van der Waals surface area contributed by atoms with Crippen LogP contribution in [-0.2, 0) is 0 Å². The van der Waals surface area contributed by atoms with Crippen LogP contribution in [0.5, 0.6) is 0 Å². The Morgan fingerprint density at radius 3 is 2.44 bits per heavy atom. The lowest BCUT2D eigenvalue weighted by Crippen LogP contribution is -2.16. The highest BCUT2D eigenvalue weighted by Gasteiger charge is 2.65. The molecule has 16 heavy (non-hydrogen) atoms. The molecule has 1 heterocycles. The molecule has 4 nitrogen and oxygen atoms in total. The van der Waals surface area contributed by atoms with E-state index in [1.165, 1.54) is 6.33 Å². The third-order valence-corrected chi connectivity index (χ3v) is 4.83. The number of nitrogens with zero attached hydrogens (tertiary/aromatic N) is 1. The van der Waals surface area contributed by atoms with Crippen molar-refractivity contribution in [1.29, 1.82) is 0 Å². The minimum atomic E-state index is -0.159. The molecule has 5 heteroatoms. The molecule has 0 aromatic carbocycles. The summed E-state index contributed by atoms with van der Waals surface area (Å²) in [6.07, 6.45) is 1.41. The number of nitrogens with one attached hydrogen (secondary N) is 2. The molecule has 1 aliphatic rings. The van der Waals surface area contributed by atoms with Crippen LogP contribution in [0.4, 0.5) is 5.82 Å². The van der Waals surface area contributed by atoms with E-state index < -0.39 is 0 Å². The molecular formula is C11H16BrN3O. The molecule has 2 rings (SSSR count). The van der Waals surface area contributed by atoms with E-state index in [0.717, 1.165) is 0 Å². The molecule has 0 radical (unpaired) electrons. The summed E-state index contributed by atoms with van der Waals surface area (Å²) in [6.45, 7) is 8.86. The van der Waals surface area contributed by atoms with Crippen molar-refractivity contribution in [1.82, 2.24) is 9.97 Å². The van der Waals surface area contributed by atoms with Crippen molar-refractivity contribution in [3.05, 3.63) is 21.2 Å². The van der Waals surface area contributed by atoms with Crippen molar-refractivity contribution in [2.75, 3.05) is 5.32 Å². The Kier molecular flexibility index (Phi) is 2.42. The monoisotopic (exact) mass is 285 g/mol. The lowest BCUT2D eigenvalue weighted by atomic mass is 10.0. The topological polar surface area (TPSA) is 57.8 Å². The first-order chi connectivity index (χ1) is 7.28. The molecule has 0 atom stereocenters. The second-order valence-corrected chi connectivity index (χ2v) is 6.21. The molecule has 0 spiro atoms. The normalized spacial score (nSPS) is 21.8. The zero-order chi connectivity index (χ0) is 12.1. The third-order valence-electron chi connectivity index (χ3n) is 4.10. The molecule has 1 saturated carbocycles. The Morgan fingerprint density at radius 1 is 1.38 bits per heavy atom. The van der Waals surface area contributed by atoms with Gasteiger partial charge in [0.2, 0.25) is 0 Å². The fourth-order valence-electron chi connectivity index (χ4n) is 2.18. The van der Waals surface area contributed by atoms with E-state index in [0.29, 0.717) is 16.3 Å². The second-order valence-electron chi connectivity index (χ2n) is 5.41. The van der Waals surface area contributed by atoms with Crippen molar-refractivity contribution < 1.29 is 0 Å². The highest BCUT2D eigenvalue weighted by molar-refractivity contribution is 9.10. The number of aromatic nitrogens is 2. The first kappa shape index (κ1) is 11.6. The molecule has 1 aromatic rings. The predicted octanol–water partition coefficient (Wildman–Crippen LogP) is 2.38. The van der Waals surface area contributed by atoms with E-state index in [1.807, 2.05) is 0 Å². The van der Waals surface area contributed by atoms with Gasteiger partial charge in [0.15, 0.2) is 0 Å². The quantitative estimate of drug-likeness (QED) is 0.877. The number of hydrogen-bond donors (Lipinski definition) is 2. The maximum Gasteiger partial charge on any atom is 0.267 e. The number of halogens is 1. The van der Waals surface area contributed by atoms with Crippen LogP contribution in [0, 0.1) is 10.8 Å². The average Bonchev–Trinajstić information content (AvgIpc) is 2.55. The summed E-state index contributed by atoms with van der Waals surface area (Å²) in [6, 6.07) is 0.339. The standard InChI is InChI=1S/C11H16BrN3O/c1-10(2)9(11(10,3)4)15-7-6(12)8(16)14-5-13-7/h5,9H,1-4H3,(H2,13,14,15,16). The highest BCUT2D eigenvalue weighted by atomic mass is 79.9. The van der Waals surface area contributed by atoms with Crippen LogP contribution in [0.2, 0.25) is 0 Å². The van der Waals surface area contributed by atoms with Crippen LogP contribution in [-0.4, -0.2) is 16.0 Å². The highest BCUT2D eigenvalue weighted by Crippen LogP contribution is 2.63. The van der Waals surface area contributed by atoms with Crippen LogP contribution in [0.3, 0.4) is 0 Å². The van der Waals surface area contributed by atoms with Crippen molar-refractivity contribution in [2.24, 2.45) is 10.8 Å². The smallest absolute Gasteiger partial charge is 0.267 e. The fraction of sp³-hybridized carbons (Fsp3) is 0.636. The van der Waals surface area contributed by atoms with Crippen LogP contribution in [0.15, 0.2) is 15.6 Å². The molecule has 1 aliphatic carbocycles. The summed E-state index contributed by atoms with van der Waals surface area (Å²) in [7, 11) is 0. The van der Waals surface area contributed by atoms with E-state index >= 15 is 0 Å². The summed E-state index contributed by atoms with van der Waals surface area (Å²) >= 11 is 3.24. The first-order valence-electron chi connectivity index (χ1n) is 5.28. The van der Waals surface area contributed by atoms with Gasteiger partial charge in [0.25, 0.3) is 5.56 Å². The van der Waals surface area contributed by atoms with Crippen molar-refractivity contribution in [2.45, 2.75) is 33.7 Å². The van der Waals surface area contributed by atoms with E-state index in [4.69, 9.17) is 0 Å². The van der Waals surface area contributed by atoms with Gasteiger partial charge in [-0.05, 0) is 26.8 Å². The van der Waals surface area contributed by atoms with E-state index in [2.05, 4.69) is 58.9 Å². The Hall–Kier alpha value is -0.840. The van der Waals surface area contributed by atoms with Gasteiger partial charge in [-0.2, -0.15) is 0 Å². The van der Waals surface area contributed by atoms with Gasteiger partial charge in [0, 0.05) is 6.04 Å². The van der Waals surface area contributed by atoms with E-state index in [9.17, 15) is 4.79 Å². The zero-order valence-electron chi connectivity index (χ0n) is 9.89. The van der Waals surface area contributed by atoms with Gasteiger partial charge in [-0.1, -0.05) is 27.7 Å². The summed E-state index contributed by atoms with van der Waals surface area (Å²) in [5.74, 6) is 0.618. The van der Waals surface area contributed by atoms with E-state index in [-0.39, 0.29) is 16.4 Å². The van der Waals surface area contributed by atoms with Crippen molar-refractivity contribution in [3.8, 4) is 0 Å². The van der Waals surface area contributed by atoms with E-state index in [1.54, 1.807) is 0 Å². The Bertz CT molecular complexity index is 464. The predicted molar refractivity (Wildman–Crippen MR) is 67.5 cm³/mol. The number of aromatic amines is 1. The van der Waals surface area contributed by atoms with Gasteiger partial charge in [0.05, 0.1) is 6.33 Å². The molecule has 0 aliphatic heterocycles. The molecule has 88 valence electrons. The van der Waals surface area contributed by atoms with Gasteiger partial charge in [-0.15, -0.1) is 0 Å². The van der Waals surface area contributed by atoms with Crippen LogP contribution >= 0.6 is 15.9 Å². The number of H-pyrrole nitrogens is 1. The van der Waals surface area contributed by atoms with Crippen LogP contribution in [0.1, 0.15) is 27.7 Å². The van der Waals surface area contributed by atoms with Gasteiger partial charge < -0.3 is 10.3 Å². The molecule has 1 fully saturated rings. The fourth-order valence-corrected chi connectivity index (χ4v) is 2.51. The maximum absolute atomic E-state index is 11.4. The summed E-state index contributed by atoms with van der Waals surface area (Å²) in [5, 5.41) is 3.33. The molecule has 0 unspecified atom stereocenters. The van der Waals surface area contributed by atoms with Gasteiger partial charge >= 0.3 is 0 Å². The second kappa shape index (κ2) is 3.32. The largest absolute Gasteiger partial charge is 0.365 e. The minimum Gasteiger partial charge on any atom is -0.365 e. The molecule has 2 N–H and O–H groups in total. The van der Waals surface area contributed by atoms with Gasteiger partial charge in [-0.3, -0.25) is 4.79 Å². The molecule has 0 bridgehead atoms. The summed E-state index contributed by atoms with van der Waals surface area (Å²) in [5.41, 5.74) is 0.279. The molecule has 0 amide bonds. The number of rotatable bonds is 2. The summed E-state index contributed by atoms with van der Waals surface area (Å²) in [4.78, 5) is 18.0. The van der Waals surface area contributed by atoms with Gasteiger partial charge in [0.1, 0.15) is 10.3 Å². The lowest BCUT2D eigenvalue weighted by molar-refractivity contribution is 0.457. The number of anilines is 1. The Morgan fingerprint density at radius 2 is 1.94 bits per heavy atom. The number of hydrogen-bond acceptors (Lipinski definition) is 3. The van der Waals surface area contributed by atoms with Crippen LogP contribution < -0.4 is 10.9 Å². The van der Waals surface area contributed by atoms with Gasteiger partial charge in [-0.25, -0.2) is 4.98 Å². The SMILES string of the molecule is CC1(C)C(Nc2nc[nH]c(=O)c2Br)C1(C)C. The maximum atomic E-state index is 11.4. The van der Waals surface area contributed by atoms with Crippen LogP contribution in [0.25, 0.3) is 0 Å². The molecular weight excluding hydrogens is 270 g/mol. The molecule has 0 saturated heterocycles. The van der Waals surface area contributed by atoms with Crippen molar-refractivity contribution >= 4 is 21.7 Å². The molecule has 1 aromatic heterocycles. The first-order valence-corrected chi connectivity index (χ1v) is 6.07. The summed E-state index contributed by atoms with van der Waals surface area (Å²) < 4.78 is 0.466. The Labute approximate surface area is 103 Å². The average molecular weight is 286 g/mol. The Balaban J connectivity index is 2.25. The zero-order valence-corrected chi connectivity index (χ0v) is 11.5. The minimum absolute atomic E-state index is 0.159. The third kappa shape index (κ3) is 1.49. The van der Waals surface area contributed by atoms with Crippen molar-refractivity contribution in [3.63, 3.8) is 0 Å².